The van der Waals surface area contributed by atoms with Crippen LogP contribution in [0.1, 0.15) is 18.2 Å². The molecule has 0 radical (unpaired) electrons. The van der Waals surface area contributed by atoms with Gasteiger partial charge in [-0.1, -0.05) is 30.3 Å². The van der Waals surface area contributed by atoms with Crippen molar-refractivity contribution in [2.45, 2.75) is 20.0 Å². The largest absolute Gasteiger partial charge is 0.383 e. The Morgan fingerprint density at radius 2 is 1.82 bits per heavy atom. The van der Waals surface area contributed by atoms with Crippen LogP contribution < -0.4 is 5.32 Å². The fourth-order valence-electron chi connectivity index (χ4n) is 2.87. The summed E-state index contributed by atoms with van der Waals surface area (Å²) in [7, 11) is 3.54. The van der Waals surface area contributed by atoms with Crippen molar-refractivity contribution in [1.82, 2.24) is 19.7 Å². The second-order valence-corrected chi connectivity index (χ2v) is 6.60. The Bertz CT molecular complexity index is 745. The van der Waals surface area contributed by atoms with Crippen molar-refractivity contribution in [3.63, 3.8) is 0 Å². The molecule has 0 bridgehead atoms. The van der Waals surface area contributed by atoms with Gasteiger partial charge in [-0.05, 0) is 24.6 Å². The number of benzene rings is 1. The second-order valence-electron chi connectivity index (χ2n) is 6.60. The molecule has 2 aromatic rings. The monoisotopic (exact) mass is 386 g/mol. The predicted molar refractivity (Wildman–Crippen MR) is 109 cm³/mol. The molecule has 0 unspecified atom stereocenters. The molecule has 0 atom stereocenters. The lowest BCUT2D eigenvalue weighted by atomic mass is 10.2. The quantitative estimate of drug-likeness (QED) is 0.681. The number of nitrogens with zero attached hydrogens (tertiary/aromatic N) is 3. The Hall–Kier alpha value is -2.80. The fourth-order valence-corrected chi connectivity index (χ4v) is 2.87. The molecule has 1 aromatic carbocycles. The number of carbonyl (C=O) groups excluding carboxylic acids is 2. The van der Waals surface area contributed by atoms with Crippen LogP contribution in [0.3, 0.4) is 0 Å². The van der Waals surface area contributed by atoms with Crippen LogP contribution in [0.25, 0.3) is 0 Å². The zero-order valence-electron chi connectivity index (χ0n) is 16.9. The van der Waals surface area contributed by atoms with Crippen molar-refractivity contribution < 1.29 is 14.3 Å². The first-order valence-corrected chi connectivity index (χ1v) is 9.48. The molecule has 7 nitrogen and oxygen atoms in total. The van der Waals surface area contributed by atoms with Gasteiger partial charge in [0.05, 0.1) is 13.2 Å². The smallest absolute Gasteiger partial charge is 0.317 e. The van der Waals surface area contributed by atoms with Crippen LogP contribution in [0.2, 0.25) is 0 Å². The van der Waals surface area contributed by atoms with Gasteiger partial charge in [-0.3, -0.25) is 4.79 Å². The van der Waals surface area contributed by atoms with Gasteiger partial charge < -0.3 is 24.4 Å². The van der Waals surface area contributed by atoms with Crippen LogP contribution in [0.15, 0.2) is 48.7 Å². The molecule has 7 heteroatoms. The summed E-state index contributed by atoms with van der Waals surface area (Å²) in [4.78, 5) is 28.7. The Kier molecular flexibility index (Phi) is 8.55. The first kappa shape index (κ1) is 21.5. The molecule has 0 fully saturated rings. The molecular weight excluding hydrogens is 356 g/mol. The average molecular weight is 386 g/mol. The number of aryl methyl sites for hydroxylation is 1. The zero-order chi connectivity index (χ0) is 20.4. The Labute approximate surface area is 166 Å². The minimum atomic E-state index is -0.258. The summed E-state index contributed by atoms with van der Waals surface area (Å²) in [6.45, 7) is 4.06. The number of methoxy groups -OCH3 is 1. The van der Waals surface area contributed by atoms with E-state index in [1.165, 1.54) is 4.90 Å². The van der Waals surface area contributed by atoms with Gasteiger partial charge in [-0.2, -0.15) is 0 Å². The summed E-state index contributed by atoms with van der Waals surface area (Å²) >= 11 is 0. The second kappa shape index (κ2) is 11.1. The molecule has 0 aliphatic carbocycles. The van der Waals surface area contributed by atoms with Gasteiger partial charge in [0.2, 0.25) is 5.91 Å². The minimum Gasteiger partial charge on any atom is -0.383 e. The number of nitrogens with one attached hydrogen (secondary N) is 1. The van der Waals surface area contributed by atoms with Crippen molar-refractivity contribution in [2.24, 2.45) is 7.05 Å². The van der Waals surface area contributed by atoms with E-state index < -0.39 is 0 Å². The number of ether oxygens (including phenoxy) is 1. The lowest BCUT2D eigenvalue weighted by Crippen LogP contribution is -2.47. The van der Waals surface area contributed by atoms with Crippen molar-refractivity contribution in [2.75, 3.05) is 33.4 Å². The van der Waals surface area contributed by atoms with Crippen molar-refractivity contribution in [3.8, 4) is 0 Å². The van der Waals surface area contributed by atoms with Crippen LogP contribution >= 0.6 is 0 Å². The van der Waals surface area contributed by atoms with E-state index in [1.54, 1.807) is 12.0 Å². The van der Waals surface area contributed by atoms with Crippen LogP contribution in [0.4, 0.5) is 4.79 Å². The molecule has 152 valence electrons. The van der Waals surface area contributed by atoms with E-state index in [0.29, 0.717) is 32.8 Å². The third-order valence-corrected chi connectivity index (χ3v) is 4.48. The van der Waals surface area contributed by atoms with Gasteiger partial charge in [0.15, 0.2) is 0 Å². The Morgan fingerprint density at radius 3 is 2.43 bits per heavy atom. The van der Waals surface area contributed by atoms with Crippen LogP contribution in [-0.4, -0.2) is 59.7 Å². The van der Waals surface area contributed by atoms with Gasteiger partial charge in [-0.25, -0.2) is 4.79 Å². The first-order chi connectivity index (χ1) is 13.5. The lowest BCUT2D eigenvalue weighted by molar-refractivity contribution is -0.133. The molecule has 1 heterocycles. The van der Waals surface area contributed by atoms with Crippen molar-refractivity contribution >= 4 is 11.9 Å². The molecule has 28 heavy (non-hydrogen) atoms. The number of amides is 3. The summed E-state index contributed by atoms with van der Waals surface area (Å²) in [5, 5.41) is 2.76. The number of rotatable bonds is 10. The summed E-state index contributed by atoms with van der Waals surface area (Å²) < 4.78 is 7.09. The maximum atomic E-state index is 13.1. The van der Waals surface area contributed by atoms with Crippen LogP contribution in [0.5, 0.6) is 0 Å². The van der Waals surface area contributed by atoms with E-state index in [9.17, 15) is 9.59 Å². The summed E-state index contributed by atoms with van der Waals surface area (Å²) in [6.07, 6.45) is 1.96. The molecular formula is C21H30N4O3. The van der Waals surface area contributed by atoms with Gasteiger partial charge in [0, 0.05) is 45.7 Å². The molecule has 0 aliphatic heterocycles. The molecule has 0 saturated heterocycles. The maximum absolute atomic E-state index is 13.1. The zero-order valence-corrected chi connectivity index (χ0v) is 16.9. The minimum absolute atomic E-state index is 0.00640. The van der Waals surface area contributed by atoms with E-state index in [0.717, 1.165) is 11.3 Å². The summed E-state index contributed by atoms with van der Waals surface area (Å²) in [5.41, 5.74) is 2.08. The van der Waals surface area contributed by atoms with E-state index in [-0.39, 0.29) is 18.5 Å². The first-order valence-electron chi connectivity index (χ1n) is 9.48. The third kappa shape index (κ3) is 6.42. The van der Waals surface area contributed by atoms with E-state index in [1.807, 2.05) is 67.2 Å². The molecule has 3 amide bonds. The fraction of sp³-hybridized carbons (Fsp3) is 0.429. The Balaban J connectivity index is 2.15. The normalized spacial score (nSPS) is 10.5. The standard InChI is InChI=1S/C21H30N4O3/c1-4-22-21(27)24(13-14-28-3)17-20(26)25(15-18-9-6-5-7-10-18)16-19-11-8-12-23(19)2/h5-12H,4,13-17H2,1-3H3,(H,22,27). The van der Waals surface area contributed by atoms with Gasteiger partial charge in [0.25, 0.3) is 0 Å². The molecule has 0 saturated carbocycles. The van der Waals surface area contributed by atoms with Crippen molar-refractivity contribution in [1.29, 1.82) is 0 Å². The topological polar surface area (TPSA) is 66.8 Å². The highest BCUT2D eigenvalue weighted by Crippen LogP contribution is 2.11. The number of hydrogen-bond donors (Lipinski definition) is 1. The van der Waals surface area contributed by atoms with Gasteiger partial charge >= 0.3 is 6.03 Å². The van der Waals surface area contributed by atoms with Crippen LogP contribution in [-0.2, 0) is 29.7 Å². The summed E-state index contributed by atoms with van der Waals surface area (Å²) in [5.74, 6) is -0.104. The highest BCUT2D eigenvalue weighted by Gasteiger charge is 2.22. The predicted octanol–water partition coefficient (Wildman–Crippen LogP) is 2.23. The number of hydrogen-bond acceptors (Lipinski definition) is 3. The van der Waals surface area contributed by atoms with E-state index >= 15 is 0 Å². The molecule has 1 N–H and O–H groups in total. The SMILES string of the molecule is CCNC(=O)N(CCOC)CC(=O)N(Cc1ccccc1)Cc1cccn1C. The highest BCUT2D eigenvalue weighted by atomic mass is 16.5. The number of carbonyl (C=O) groups is 2. The van der Waals surface area contributed by atoms with E-state index in [4.69, 9.17) is 4.74 Å². The highest BCUT2D eigenvalue weighted by molar-refractivity contribution is 5.84. The van der Waals surface area contributed by atoms with Gasteiger partial charge in [-0.15, -0.1) is 0 Å². The van der Waals surface area contributed by atoms with Crippen LogP contribution in [0, 0.1) is 0 Å². The third-order valence-electron chi connectivity index (χ3n) is 4.48. The lowest BCUT2D eigenvalue weighted by Gasteiger charge is -2.28. The number of urea groups is 1. The van der Waals surface area contributed by atoms with E-state index in [2.05, 4.69) is 5.32 Å². The maximum Gasteiger partial charge on any atom is 0.317 e. The summed E-state index contributed by atoms with van der Waals surface area (Å²) in [6, 6.07) is 13.6. The van der Waals surface area contributed by atoms with Crippen molar-refractivity contribution in [3.05, 3.63) is 59.9 Å². The average Bonchev–Trinajstić information content (AvgIpc) is 3.10. The molecule has 0 aliphatic rings. The molecule has 2 rings (SSSR count). The van der Waals surface area contributed by atoms with Gasteiger partial charge in [0.1, 0.15) is 6.54 Å². The number of aromatic nitrogens is 1. The molecule has 1 aromatic heterocycles. The molecule has 0 spiro atoms. The Morgan fingerprint density at radius 1 is 1.07 bits per heavy atom.